The van der Waals surface area contributed by atoms with Gasteiger partial charge in [0.05, 0.1) is 36.5 Å². The van der Waals surface area contributed by atoms with Gasteiger partial charge >= 0.3 is 30.9 Å². The van der Waals surface area contributed by atoms with Crippen molar-refractivity contribution in [2.45, 2.75) is 83.4 Å². The zero-order valence-electron chi connectivity index (χ0n) is 26.3. The van der Waals surface area contributed by atoms with E-state index >= 15 is 0 Å². The van der Waals surface area contributed by atoms with E-state index in [4.69, 9.17) is 19.4 Å². The van der Waals surface area contributed by atoms with Crippen LogP contribution in [0.2, 0.25) is 0 Å². The molecule has 1 aliphatic heterocycles. The van der Waals surface area contributed by atoms with Gasteiger partial charge in [0, 0.05) is 13.5 Å². The Morgan fingerprint density at radius 3 is 1.98 bits per heavy atom. The van der Waals surface area contributed by atoms with Crippen LogP contribution in [-0.4, -0.2) is 54.2 Å². The van der Waals surface area contributed by atoms with Gasteiger partial charge in [-0.2, -0.15) is 26.3 Å². The topological polar surface area (TPSA) is 106 Å². The van der Waals surface area contributed by atoms with E-state index in [1.165, 1.54) is 17.9 Å². The van der Waals surface area contributed by atoms with E-state index in [-0.39, 0.29) is 29.8 Å². The number of hydrogen-bond acceptors (Lipinski definition) is 6. The summed E-state index contributed by atoms with van der Waals surface area (Å²) >= 11 is 0. The SMILES string of the molecule is CC(=O)O.COC(=O)N(CC1CCCCC1)c1ccc(OC(F)(F)F)cc1CN1C(=O)OC(c2cc(C(F)(F)F)cc(C(F)(F)F)c2)C1C. The molecule has 2 aromatic rings. The quantitative estimate of drug-likeness (QED) is 0.285. The number of carboxylic acid groups (broad SMARTS) is 1. The third-order valence-corrected chi connectivity index (χ3v) is 7.81. The van der Waals surface area contributed by atoms with Crippen molar-refractivity contribution in [2.75, 3.05) is 18.6 Å². The molecule has 9 nitrogen and oxygen atoms in total. The number of carbonyl (C=O) groups is 3. The molecule has 2 atom stereocenters. The first kappa shape index (κ1) is 39.1. The molecule has 0 radical (unpaired) electrons. The number of nitrogens with zero attached hydrogens (tertiary/aromatic N) is 2. The summed E-state index contributed by atoms with van der Waals surface area (Å²) in [4.78, 5) is 37.0. The summed E-state index contributed by atoms with van der Waals surface area (Å²) in [5.41, 5.74) is -3.76. The monoisotopic (exact) mass is 716 g/mol. The van der Waals surface area contributed by atoms with E-state index in [2.05, 4.69) is 4.74 Å². The molecule has 1 saturated carbocycles. The highest BCUT2D eigenvalue weighted by molar-refractivity contribution is 5.89. The normalized spacial score (nSPS) is 18.7. The summed E-state index contributed by atoms with van der Waals surface area (Å²) in [6.07, 6.45) is -14.6. The minimum atomic E-state index is -5.15. The molecule has 0 aromatic heterocycles. The minimum Gasteiger partial charge on any atom is -0.481 e. The predicted octanol–water partition coefficient (Wildman–Crippen LogP) is 8.95. The van der Waals surface area contributed by atoms with Gasteiger partial charge in [-0.05, 0) is 73.2 Å². The second-order valence-corrected chi connectivity index (χ2v) is 11.5. The molecule has 1 N–H and O–H groups in total. The predicted molar refractivity (Wildman–Crippen MR) is 153 cm³/mol. The van der Waals surface area contributed by atoms with Gasteiger partial charge in [-0.1, -0.05) is 19.3 Å². The Morgan fingerprint density at radius 2 is 1.49 bits per heavy atom. The van der Waals surface area contributed by atoms with E-state index in [1.54, 1.807) is 0 Å². The first-order valence-electron chi connectivity index (χ1n) is 14.8. The molecule has 2 aliphatic rings. The molecule has 0 spiro atoms. The Bertz CT molecular complexity index is 1450. The summed E-state index contributed by atoms with van der Waals surface area (Å²) in [7, 11) is 1.12. The van der Waals surface area contributed by atoms with E-state index < -0.39 is 78.0 Å². The number of amides is 2. The fourth-order valence-corrected chi connectivity index (χ4v) is 5.64. The molecule has 1 saturated heterocycles. The lowest BCUT2D eigenvalue weighted by Crippen LogP contribution is -2.38. The highest BCUT2D eigenvalue weighted by Gasteiger charge is 2.44. The van der Waals surface area contributed by atoms with E-state index in [9.17, 15) is 49.1 Å². The van der Waals surface area contributed by atoms with Crippen LogP contribution in [0.25, 0.3) is 0 Å². The largest absolute Gasteiger partial charge is 0.573 e. The summed E-state index contributed by atoms with van der Waals surface area (Å²) < 4.78 is 134. The van der Waals surface area contributed by atoms with Crippen molar-refractivity contribution in [3.05, 3.63) is 58.7 Å². The summed E-state index contributed by atoms with van der Waals surface area (Å²) in [5, 5.41) is 7.42. The Balaban J connectivity index is 0.00000154. The van der Waals surface area contributed by atoms with Crippen molar-refractivity contribution >= 4 is 23.8 Å². The molecule has 49 heavy (non-hydrogen) atoms. The zero-order chi connectivity index (χ0) is 36.9. The first-order valence-corrected chi connectivity index (χ1v) is 14.8. The van der Waals surface area contributed by atoms with E-state index in [1.807, 2.05) is 0 Å². The van der Waals surface area contributed by atoms with Gasteiger partial charge in [0.25, 0.3) is 5.97 Å². The maximum atomic E-state index is 13.5. The number of alkyl halides is 9. The molecule has 1 heterocycles. The van der Waals surface area contributed by atoms with Crippen molar-refractivity contribution in [1.82, 2.24) is 4.90 Å². The lowest BCUT2D eigenvalue weighted by Gasteiger charge is -2.31. The van der Waals surface area contributed by atoms with Crippen LogP contribution in [0.1, 0.15) is 74.3 Å². The number of cyclic esters (lactones) is 1. The van der Waals surface area contributed by atoms with Gasteiger partial charge in [-0.3, -0.25) is 14.6 Å². The molecular formula is C31H33F9N2O7. The van der Waals surface area contributed by atoms with Gasteiger partial charge < -0.3 is 19.3 Å². The average molecular weight is 717 g/mol. The van der Waals surface area contributed by atoms with Crippen molar-refractivity contribution < 1.29 is 73.2 Å². The van der Waals surface area contributed by atoms with Gasteiger partial charge in [-0.25, -0.2) is 9.59 Å². The van der Waals surface area contributed by atoms with E-state index in [0.29, 0.717) is 12.1 Å². The van der Waals surface area contributed by atoms with Gasteiger partial charge in [0.2, 0.25) is 0 Å². The number of hydrogen-bond donors (Lipinski definition) is 1. The molecule has 2 amide bonds. The highest BCUT2D eigenvalue weighted by Crippen LogP contribution is 2.42. The smallest absolute Gasteiger partial charge is 0.481 e. The number of aliphatic carboxylic acids is 1. The van der Waals surface area contributed by atoms with Gasteiger partial charge in [0.15, 0.2) is 0 Å². The Morgan fingerprint density at radius 1 is 0.939 bits per heavy atom. The van der Waals surface area contributed by atoms with Crippen LogP contribution >= 0.6 is 0 Å². The fraction of sp³-hybridized carbons (Fsp3) is 0.516. The number of ether oxygens (including phenoxy) is 3. The Hall–Kier alpha value is -4.38. The minimum absolute atomic E-state index is 0.0394. The van der Waals surface area contributed by atoms with Crippen molar-refractivity contribution in [3.63, 3.8) is 0 Å². The number of carboxylic acids is 1. The molecule has 272 valence electrons. The van der Waals surface area contributed by atoms with Crippen LogP contribution in [-0.2, 0) is 33.2 Å². The zero-order valence-corrected chi connectivity index (χ0v) is 26.3. The standard InChI is InChI=1S/C29H29F9N2O5.C2H4O2/c1-16-24(18-10-20(27(30,31)32)13-21(11-18)28(33,34)35)44-26(42)39(16)15-19-12-22(45-29(36,37)38)8-9-23(19)40(25(41)43-2)14-17-6-4-3-5-7-17;1-2(3)4/h8-13,16-17,24H,3-7,14-15H2,1-2H3;1H3,(H,3,4). The maximum absolute atomic E-state index is 13.5. The lowest BCUT2D eigenvalue weighted by atomic mass is 9.89. The summed E-state index contributed by atoms with van der Waals surface area (Å²) in [6, 6.07) is 2.74. The fourth-order valence-electron chi connectivity index (χ4n) is 5.64. The molecule has 2 aromatic carbocycles. The Labute approximate surface area is 274 Å². The molecule has 0 bridgehead atoms. The number of methoxy groups -OCH3 is 1. The van der Waals surface area contributed by atoms with Crippen molar-refractivity contribution in [2.24, 2.45) is 5.92 Å². The van der Waals surface area contributed by atoms with Gasteiger partial charge in [0.1, 0.15) is 11.9 Å². The van der Waals surface area contributed by atoms with E-state index in [0.717, 1.165) is 63.2 Å². The molecule has 1 aliphatic carbocycles. The van der Waals surface area contributed by atoms with Crippen LogP contribution in [0.15, 0.2) is 36.4 Å². The van der Waals surface area contributed by atoms with Crippen LogP contribution in [0.4, 0.5) is 54.8 Å². The first-order chi connectivity index (χ1) is 22.6. The van der Waals surface area contributed by atoms with Crippen LogP contribution in [0, 0.1) is 5.92 Å². The second-order valence-electron chi connectivity index (χ2n) is 11.5. The van der Waals surface area contributed by atoms with Gasteiger partial charge in [-0.15, -0.1) is 13.2 Å². The van der Waals surface area contributed by atoms with Crippen LogP contribution < -0.4 is 9.64 Å². The molecule has 4 rings (SSSR count). The van der Waals surface area contributed by atoms with Crippen LogP contribution in [0.5, 0.6) is 5.75 Å². The van der Waals surface area contributed by atoms with Crippen molar-refractivity contribution in [3.8, 4) is 5.75 Å². The third-order valence-electron chi connectivity index (χ3n) is 7.81. The molecule has 2 unspecified atom stereocenters. The lowest BCUT2D eigenvalue weighted by molar-refractivity contribution is -0.274. The summed E-state index contributed by atoms with van der Waals surface area (Å²) in [6.45, 7) is 2.00. The Kier molecular flexibility index (Phi) is 12.3. The maximum Gasteiger partial charge on any atom is 0.573 e. The molecular weight excluding hydrogens is 683 g/mol. The number of rotatable bonds is 7. The number of benzene rings is 2. The van der Waals surface area contributed by atoms with Crippen molar-refractivity contribution in [1.29, 1.82) is 0 Å². The third kappa shape index (κ3) is 10.8. The number of halogens is 9. The average Bonchev–Trinajstić information content (AvgIpc) is 3.26. The highest BCUT2D eigenvalue weighted by atomic mass is 19.4. The molecule has 18 heteroatoms. The summed E-state index contributed by atoms with van der Waals surface area (Å²) in [5.74, 6) is -1.48. The van der Waals surface area contributed by atoms with Crippen LogP contribution in [0.3, 0.4) is 0 Å². The number of carbonyl (C=O) groups excluding carboxylic acids is 2. The molecule has 2 fully saturated rings. The number of anilines is 1. The second kappa shape index (κ2) is 15.4.